The monoisotopic (exact) mass is 577 g/mol. The van der Waals surface area contributed by atoms with E-state index in [-0.39, 0.29) is 0 Å². The maximum absolute atomic E-state index is 2.35. The molecule has 7 aromatic carbocycles. The second-order valence-electron chi connectivity index (χ2n) is 11.7. The van der Waals surface area contributed by atoms with Crippen molar-refractivity contribution in [3.05, 3.63) is 187 Å². The number of benzene rings is 7. The molecule has 0 aliphatic heterocycles. The van der Waals surface area contributed by atoms with E-state index in [2.05, 4.69) is 195 Å². The highest BCUT2D eigenvalue weighted by molar-refractivity contribution is 5.83. The third-order valence-electron chi connectivity index (χ3n) is 8.32. The van der Waals surface area contributed by atoms with Gasteiger partial charge in [-0.3, -0.25) is 0 Å². The minimum Gasteiger partial charge on any atom is -0.310 e. The summed E-state index contributed by atoms with van der Waals surface area (Å²) in [5.41, 5.74) is 15.6. The number of aryl methyl sites for hydroxylation is 2. The lowest BCUT2D eigenvalue weighted by Crippen LogP contribution is -2.10. The second-order valence-corrected chi connectivity index (χ2v) is 11.7. The summed E-state index contributed by atoms with van der Waals surface area (Å²) in [6, 6.07) is 63.4. The van der Waals surface area contributed by atoms with Crippen LogP contribution in [0.1, 0.15) is 11.1 Å². The summed E-state index contributed by atoms with van der Waals surface area (Å²) in [6.07, 6.45) is 0. The standard InChI is InChI=1S/C44H35N/c1-32-27-33(2)29-41(28-32)39-16-9-15-38(30-39)40-17-10-18-44(31-40)45(42-23-19-36(20-24-42)34-11-5-3-6-12-34)43-25-21-37(22-26-43)35-13-7-4-8-14-35/h3-31H,1-2H3. The van der Waals surface area contributed by atoms with Crippen molar-refractivity contribution in [1.82, 2.24) is 0 Å². The van der Waals surface area contributed by atoms with Gasteiger partial charge < -0.3 is 4.90 Å². The van der Waals surface area contributed by atoms with Crippen LogP contribution in [0.25, 0.3) is 44.5 Å². The average Bonchev–Trinajstić information content (AvgIpc) is 3.10. The van der Waals surface area contributed by atoms with Gasteiger partial charge in [-0.15, -0.1) is 0 Å². The molecule has 0 heterocycles. The van der Waals surface area contributed by atoms with Crippen molar-refractivity contribution in [3.63, 3.8) is 0 Å². The minimum atomic E-state index is 1.11. The third-order valence-corrected chi connectivity index (χ3v) is 8.32. The van der Waals surface area contributed by atoms with Gasteiger partial charge in [0.1, 0.15) is 0 Å². The predicted octanol–water partition coefficient (Wildman–Crippen LogP) is 12.4. The van der Waals surface area contributed by atoms with Crippen LogP contribution in [0.2, 0.25) is 0 Å². The molecule has 1 heteroatoms. The molecule has 0 saturated heterocycles. The molecular formula is C44H35N. The fourth-order valence-electron chi connectivity index (χ4n) is 6.16. The molecule has 0 unspecified atom stereocenters. The first kappa shape index (κ1) is 28.1. The van der Waals surface area contributed by atoms with Crippen LogP contribution in [0.3, 0.4) is 0 Å². The SMILES string of the molecule is Cc1cc(C)cc(-c2cccc(-c3cccc(N(c4ccc(-c5ccccc5)cc4)c4ccc(-c5ccccc5)cc4)c3)c2)c1. The van der Waals surface area contributed by atoms with Gasteiger partial charge in [-0.25, -0.2) is 0 Å². The largest absolute Gasteiger partial charge is 0.310 e. The van der Waals surface area contributed by atoms with Gasteiger partial charge in [0.15, 0.2) is 0 Å². The zero-order valence-corrected chi connectivity index (χ0v) is 25.7. The third kappa shape index (κ3) is 6.20. The number of hydrogen-bond acceptors (Lipinski definition) is 1. The summed E-state index contributed by atoms with van der Waals surface area (Å²) in [5.74, 6) is 0. The summed E-state index contributed by atoms with van der Waals surface area (Å²) in [7, 11) is 0. The molecule has 45 heavy (non-hydrogen) atoms. The first-order valence-electron chi connectivity index (χ1n) is 15.5. The van der Waals surface area contributed by atoms with Gasteiger partial charge in [0, 0.05) is 17.1 Å². The molecule has 0 aromatic heterocycles. The zero-order chi connectivity index (χ0) is 30.6. The van der Waals surface area contributed by atoms with Gasteiger partial charge in [0.2, 0.25) is 0 Å². The molecule has 7 rings (SSSR count). The van der Waals surface area contributed by atoms with Crippen molar-refractivity contribution in [2.24, 2.45) is 0 Å². The van der Waals surface area contributed by atoms with Crippen molar-refractivity contribution in [2.75, 3.05) is 4.90 Å². The van der Waals surface area contributed by atoms with Crippen molar-refractivity contribution in [1.29, 1.82) is 0 Å². The Bertz CT molecular complexity index is 1940. The summed E-state index contributed by atoms with van der Waals surface area (Å²) < 4.78 is 0. The van der Waals surface area contributed by atoms with E-state index in [0.717, 1.165) is 17.1 Å². The van der Waals surface area contributed by atoms with E-state index in [1.807, 2.05) is 0 Å². The fourth-order valence-corrected chi connectivity index (χ4v) is 6.16. The van der Waals surface area contributed by atoms with Crippen molar-refractivity contribution >= 4 is 17.1 Å². The predicted molar refractivity (Wildman–Crippen MR) is 192 cm³/mol. The van der Waals surface area contributed by atoms with Crippen molar-refractivity contribution in [2.45, 2.75) is 13.8 Å². The molecule has 0 bridgehead atoms. The smallest absolute Gasteiger partial charge is 0.0467 e. The van der Waals surface area contributed by atoms with Gasteiger partial charge in [0.25, 0.3) is 0 Å². The van der Waals surface area contributed by atoms with Crippen LogP contribution in [-0.4, -0.2) is 0 Å². The number of rotatable bonds is 7. The molecule has 0 spiro atoms. The molecule has 0 amide bonds. The summed E-state index contributed by atoms with van der Waals surface area (Å²) in [4.78, 5) is 2.35. The van der Waals surface area contributed by atoms with Gasteiger partial charge >= 0.3 is 0 Å². The molecule has 1 nitrogen and oxygen atoms in total. The van der Waals surface area contributed by atoms with Gasteiger partial charge in [0.05, 0.1) is 0 Å². The number of hydrogen-bond donors (Lipinski definition) is 0. The molecular weight excluding hydrogens is 542 g/mol. The zero-order valence-electron chi connectivity index (χ0n) is 25.7. The van der Waals surface area contributed by atoms with Crippen LogP contribution >= 0.6 is 0 Å². The summed E-state index contributed by atoms with van der Waals surface area (Å²) >= 11 is 0. The van der Waals surface area contributed by atoms with Gasteiger partial charge in [-0.2, -0.15) is 0 Å². The lowest BCUT2D eigenvalue weighted by Gasteiger charge is -2.26. The summed E-state index contributed by atoms with van der Waals surface area (Å²) in [5, 5.41) is 0. The number of anilines is 3. The first-order valence-corrected chi connectivity index (χ1v) is 15.5. The Kier molecular flexibility index (Phi) is 7.83. The Hall–Kier alpha value is -5.66. The van der Waals surface area contributed by atoms with Gasteiger partial charge in [-0.05, 0) is 101 Å². The quantitative estimate of drug-likeness (QED) is 0.182. The van der Waals surface area contributed by atoms with Crippen LogP contribution in [0.4, 0.5) is 17.1 Å². The summed E-state index contributed by atoms with van der Waals surface area (Å²) in [6.45, 7) is 4.33. The fraction of sp³-hybridized carbons (Fsp3) is 0.0455. The first-order chi connectivity index (χ1) is 22.1. The van der Waals surface area contributed by atoms with Crippen LogP contribution < -0.4 is 4.90 Å². The molecule has 0 radical (unpaired) electrons. The molecule has 0 saturated carbocycles. The van der Waals surface area contributed by atoms with E-state index in [4.69, 9.17) is 0 Å². The number of nitrogens with zero attached hydrogens (tertiary/aromatic N) is 1. The van der Waals surface area contributed by atoms with Crippen LogP contribution in [-0.2, 0) is 0 Å². The highest BCUT2D eigenvalue weighted by Gasteiger charge is 2.15. The Labute approximate surface area is 266 Å². The van der Waals surface area contributed by atoms with E-state index in [9.17, 15) is 0 Å². The van der Waals surface area contributed by atoms with E-state index in [0.29, 0.717) is 0 Å². The van der Waals surface area contributed by atoms with Gasteiger partial charge in [-0.1, -0.05) is 145 Å². The van der Waals surface area contributed by atoms with E-state index in [1.54, 1.807) is 0 Å². The van der Waals surface area contributed by atoms with E-state index < -0.39 is 0 Å². The minimum absolute atomic E-state index is 1.11. The molecule has 7 aromatic rings. The molecule has 216 valence electrons. The molecule has 0 aliphatic rings. The lowest BCUT2D eigenvalue weighted by molar-refractivity contribution is 1.28. The Morgan fingerprint density at radius 1 is 0.267 bits per heavy atom. The highest BCUT2D eigenvalue weighted by Crippen LogP contribution is 2.39. The maximum atomic E-state index is 2.35. The normalized spacial score (nSPS) is 10.9. The van der Waals surface area contributed by atoms with Crippen molar-refractivity contribution in [3.8, 4) is 44.5 Å². The molecule has 0 aliphatic carbocycles. The Morgan fingerprint density at radius 2 is 0.667 bits per heavy atom. The second kappa shape index (κ2) is 12.5. The highest BCUT2D eigenvalue weighted by atomic mass is 15.1. The van der Waals surface area contributed by atoms with E-state index in [1.165, 1.54) is 55.6 Å². The van der Waals surface area contributed by atoms with Crippen LogP contribution in [0.15, 0.2) is 176 Å². The van der Waals surface area contributed by atoms with Crippen molar-refractivity contribution < 1.29 is 0 Å². The van der Waals surface area contributed by atoms with E-state index >= 15 is 0 Å². The lowest BCUT2D eigenvalue weighted by atomic mass is 9.96. The van der Waals surface area contributed by atoms with Crippen LogP contribution in [0.5, 0.6) is 0 Å². The maximum Gasteiger partial charge on any atom is 0.0467 e. The molecule has 0 fully saturated rings. The topological polar surface area (TPSA) is 3.24 Å². The Morgan fingerprint density at radius 3 is 1.18 bits per heavy atom. The van der Waals surface area contributed by atoms with Crippen LogP contribution in [0, 0.1) is 13.8 Å². The molecule has 0 N–H and O–H groups in total. The molecule has 0 atom stereocenters. The Balaban J connectivity index is 1.29. The average molecular weight is 578 g/mol.